The zero-order valence-corrected chi connectivity index (χ0v) is 15.3. The molecule has 1 unspecified atom stereocenters. The van der Waals surface area contributed by atoms with Crippen molar-refractivity contribution in [2.24, 2.45) is 0 Å². The van der Waals surface area contributed by atoms with Crippen LogP contribution in [0.1, 0.15) is 31.9 Å². The fraction of sp³-hybridized carbons (Fsp3) is 0.273. The third kappa shape index (κ3) is 5.45. The lowest BCUT2D eigenvalue weighted by Gasteiger charge is -2.17. The van der Waals surface area contributed by atoms with Gasteiger partial charge >= 0.3 is 5.97 Å². The smallest absolute Gasteiger partial charge is 0.303 e. The summed E-state index contributed by atoms with van der Waals surface area (Å²) in [6.07, 6.45) is 1.21. The van der Waals surface area contributed by atoms with Crippen LogP contribution in [-0.2, 0) is 11.4 Å². The zero-order valence-electron chi connectivity index (χ0n) is 15.3. The van der Waals surface area contributed by atoms with Gasteiger partial charge in [-0.3, -0.25) is 4.79 Å². The van der Waals surface area contributed by atoms with Crippen molar-refractivity contribution < 1.29 is 19.4 Å². The Kier molecular flexibility index (Phi) is 6.26. The number of pyridine rings is 1. The van der Waals surface area contributed by atoms with Crippen molar-refractivity contribution in [3.05, 3.63) is 66.4 Å². The average molecular weight is 365 g/mol. The first-order valence-corrected chi connectivity index (χ1v) is 9.10. The molecule has 5 heteroatoms. The van der Waals surface area contributed by atoms with E-state index in [1.807, 2.05) is 67.6 Å². The van der Waals surface area contributed by atoms with E-state index in [0.717, 1.165) is 23.0 Å². The number of aromatic nitrogens is 1. The van der Waals surface area contributed by atoms with Crippen molar-refractivity contribution in [1.82, 2.24) is 4.98 Å². The van der Waals surface area contributed by atoms with Crippen molar-refractivity contribution in [2.45, 2.75) is 38.9 Å². The Hall–Kier alpha value is -3.08. The highest BCUT2D eigenvalue weighted by atomic mass is 16.5. The van der Waals surface area contributed by atoms with Crippen molar-refractivity contribution >= 4 is 16.9 Å². The Labute approximate surface area is 158 Å². The summed E-state index contributed by atoms with van der Waals surface area (Å²) in [6.45, 7) is 2.35. The SMILES string of the molecule is CCC(CCC(=O)O)Oc1cccc(OCc2ccc3ccccc3n2)c1. The van der Waals surface area contributed by atoms with E-state index in [2.05, 4.69) is 4.98 Å². The molecule has 27 heavy (non-hydrogen) atoms. The highest BCUT2D eigenvalue weighted by Crippen LogP contribution is 2.23. The van der Waals surface area contributed by atoms with Crippen LogP contribution < -0.4 is 9.47 Å². The second kappa shape index (κ2) is 9.03. The number of ether oxygens (including phenoxy) is 2. The van der Waals surface area contributed by atoms with Crippen molar-refractivity contribution in [3.63, 3.8) is 0 Å². The van der Waals surface area contributed by atoms with Crippen molar-refractivity contribution in [2.75, 3.05) is 0 Å². The van der Waals surface area contributed by atoms with E-state index in [4.69, 9.17) is 14.6 Å². The third-order valence-electron chi connectivity index (χ3n) is 4.29. The molecule has 1 atom stereocenters. The molecule has 0 aliphatic rings. The quantitative estimate of drug-likeness (QED) is 0.588. The predicted molar refractivity (Wildman–Crippen MR) is 104 cm³/mol. The maximum absolute atomic E-state index is 10.7. The van der Waals surface area contributed by atoms with E-state index in [0.29, 0.717) is 24.5 Å². The monoisotopic (exact) mass is 365 g/mol. The topological polar surface area (TPSA) is 68.7 Å². The van der Waals surface area contributed by atoms with Crippen LogP contribution in [0, 0.1) is 0 Å². The lowest BCUT2D eigenvalue weighted by molar-refractivity contribution is -0.137. The normalized spacial score (nSPS) is 11.9. The minimum absolute atomic E-state index is 0.0995. The van der Waals surface area contributed by atoms with Crippen molar-refractivity contribution in [1.29, 1.82) is 0 Å². The van der Waals surface area contributed by atoms with Crippen LogP contribution in [-0.4, -0.2) is 22.2 Å². The molecule has 0 saturated heterocycles. The molecule has 0 bridgehead atoms. The largest absolute Gasteiger partial charge is 0.490 e. The molecule has 2 aromatic carbocycles. The summed E-state index contributed by atoms with van der Waals surface area (Å²) in [7, 11) is 0. The summed E-state index contributed by atoms with van der Waals surface area (Å²) >= 11 is 0. The van der Waals surface area contributed by atoms with Crippen molar-refractivity contribution in [3.8, 4) is 11.5 Å². The zero-order chi connectivity index (χ0) is 19.1. The molecule has 3 rings (SSSR count). The summed E-state index contributed by atoms with van der Waals surface area (Å²) in [5, 5.41) is 9.93. The number of rotatable bonds is 9. The van der Waals surface area contributed by atoms with Crippen LogP contribution in [0.25, 0.3) is 10.9 Å². The summed E-state index contributed by atoms with van der Waals surface area (Å²) in [6, 6.07) is 19.4. The van der Waals surface area contributed by atoms with Crippen LogP contribution in [0.2, 0.25) is 0 Å². The highest BCUT2D eigenvalue weighted by molar-refractivity contribution is 5.78. The molecule has 1 aromatic heterocycles. The van der Waals surface area contributed by atoms with Gasteiger partial charge in [-0.05, 0) is 37.1 Å². The summed E-state index contributed by atoms with van der Waals surface area (Å²) in [5.74, 6) is 0.559. The minimum Gasteiger partial charge on any atom is -0.490 e. The Bertz CT molecular complexity index is 909. The van der Waals surface area contributed by atoms with Crippen LogP contribution in [0.5, 0.6) is 11.5 Å². The Morgan fingerprint density at radius 1 is 1.07 bits per heavy atom. The van der Waals surface area contributed by atoms with E-state index in [-0.39, 0.29) is 12.5 Å². The number of carbonyl (C=O) groups is 1. The third-order valence-corrected chi connectivity index (χ3v) is 4.29. The lowest BCUT2D eigenvalue weighted by atomic mass is 10.1. The number of benzene rings is 2. The fourth-order valence-electron chi connectivity index (χ4n) is 2.81. The van der Waals surface area contributed by atoms with Gasteiger partial charge in [-0.15, -0.1) is 0 Å². The molecule has 0 saturated carbocycles. The second-order valence-corrected chi connectivity index (χ2v) is 6.34. The Morgan fingerprint density at radius 2 is 1.89 bits per heavy atom. The fourth-order valence-corrected chi connectivity index (χ4v) is 2.81. The lowest BCUT2D eigenvalue weighted by Crippen LogP contribution is -2.17. The van der Waals surface area contributed by atoms with Gasteiger partial charge in [0.25, 0.3) is 0 Å². The van der Waals surface area contributed by atoms with Gasteiger partial charge in [-0.25, -0.2) is 4.98 Å². The molecule has 3 aromatic rings. The van der Waals surface area contributed by atoms with Crippen LogP contribution in [0.15, 0.2) is 60.7 Å². The summed E-state index contributed by atoms with van der Waals surface area (Å²) < 4.78 is 11.8. The van der Waals surface area contributed by atoms with Gasteiger partial charge in [0.05, 0.1) is 17.3 Å². The number of fused-ring (bicyclic) bond motifs is 1. The van der Waals surface area contributed by atoms with E-state index < -0.39 is 5.97 Å². The van der Waals surface area contributed by atoms with E-state index in [9.17, 15) is 4.79 Å². The molecule has 0 aliphatic carbocycles. The maximum atomic E-state index is 10.7. The number of carboxylic acids is 1. The van der Waals surface area contributed by atoms with E-state index in [1.54, 1.807) is 0 Å². The Balaban J connectivity index is 1.61. The number of hydrogen-bond donors (Lipinski definition) is 1. The van der Waals surface area contributed by atoms with Gasteiger partial charge in [0.1, 0.15) is 18.1 Å². The molecule has 0 radical (unpaired) electrons. The molecule has 5 nitrogen and oxygen atoms in total. The Morgan fingerprint density at radius 3 is 2.70 bits per heavy atom. The molecule has 0 spiro atoms. The van der Waals surface area contributed by atoms with Gasteiger partial charge < -0.3 is 14.6 Å². The van der Waals surface area contributed by atoms with Crippen LogP contribution in [0.4, 0.5) is 0 Å². The molecule has 1 heterocycles. The molecule has 1 N–H and O–H groups in total. The number of nitrogens with zero attached hydrogens (tertiary/aromatic N) is 1. The standard InChI is InChI=1S/C22H23NO4/c1-2-18(12-13-22(24)25)27-20-8-5-7-19(14-20)26-15-17-11-10-16-6-3-4-9-21(16)23-17/h3-11,14,18H,2,12-13,15H2,1H3,(H,24,25). The number of carboxylic acid groups (broad SMARTS) is 1. The highest BCUT2D eigenvalue weighted by Gasteiger charge is 2.11. The molecule has 140 valence electrons. The van der Waals surface area contributed by atoms with Gasteiger partial charge in [0.2, 0.25) is 0 Å². The van der Waals surface area contributed by atoms with Crippen LogP contribution in [0.3, 0.4) is 0 Å². The number of para-hydroxylation sites is 1. The minimum atomic E-state index is -0.808. The van der Waals surface area contributed by atoms with Gasteiger partial charge in [-0.1, -0.05) is 37.3 Å². The number of hydrogen-bond acceptors (Lipinski definition) is 4. The molecule has 0 aliphatic heterocycles. The van der Waals surface area contributed by atoms with Gasteiger partial charge in [-0.2, -0.15) is 0 Å². The summed E-state index contributed by atoms with van der Waals surface area (Å²) in [4.78, 5) is 15.3. The second-order valence-electron chi connectivity index (χ2n) is 6.34. The number of aliphatic carboxylic acids is 1. The first kappa shape index (κ1) is 18.7. The maximum Gasteiger partial charge on any atom is 0.303 e. The average Bonchev–Trinajstić information content (AvgIpc) is 2.69. The van der Waals surface area contributed by atoms with E-state index in [1.165, 1.54) is 0 Å². The molecular weight excluding hydrogens is 342 g/mol. The first-order valence-electron chi connectivity index (χ1n) is 9.10. The molecule has 0 amide bonds. The predicted octanol–water partition coefficient (Wildman–Crippen LogP) is 4.84. The molecule has 0 fully saturated rings. The molecular formula is C22H23NO4. The van der Waals surface area contributed by atoms with E-state index >= 15 is 0 Å². The first-order chi connectivity index (χ1) is 13.1. The van der Waals surface area contributed by atoms with Crippen LogP contribution >= 0.6 is 0 Å². The van der Waals surface area contributed by atoms with Gasteiger partial charge in [0, 0.05) is 17.9 Å². The summed E-state index contributed by atoms with van der Waals surface area (Å²) in [5.41, 5.74) is 1.80. The van der Waals surface area contributed by atoms with Gasteiger partial charge in [0.15, 0.2) is 0 Å².